The van der Waals surface area contributed by atoms with Gasteiger partial charge in [0.2, 0.25) is 5.78 Å². The summed E-state index contributed by atoms with van der Waals surface area (Å²) in [5.74, 6) is -6.89. The molecule has 3 aliphatic rings. The first-order valence-electron chi connectivity index (χ1n) is 12.1. The number of hydrogen-bond donors (Lipinski definition) is 5. The van der Waals surface area contributed by atoms with Gasteiger partial charge in [0.05, 0.1) is 17.2 Å². The van der Waals surface area contributed by atoms with Gasteiger partial charge >= 0.3 is 0 Å². The Hall–Kier alpha value is -2.97. The summed E-state index contributed by atoms with van der Waals surface area (Å²) in [5.41, 5.74) is -5.71. The number of aliphatic hydroxyl groups excluding tert-OH is 3. The van der Waals surface area contributed by atoms with E-state index in [2.05, 4.69) is 0 Å². The fourth-order valence-electron chi connectivity index (χ4n) is 7.24. The number of rotatable bonds is 2. The SMILES string of the molecule is CC(=O)C1=C(O)C(C(C)C)[C@@]2(C)[C@H](O)[C@]3(C)C(=C(O)[C@@]2(O)C1=O)C(=O)c1c(cc(C)c(C)c1O)[C@H]3C. The second-order valence-corrected chi connectivity index (χ2v) is 11.5. The maximum absolute atomic E-state index is 13.9. The first kappa shape index (κ1) is 26.1. The van der Waals surface area contributed by atoms with E-state index in [9.17, 15) is 39.9 Å². The topological polar surface area (TPSA) is 152 Å². The van der Waals surface area contributed by atoms with Gasteiger partial charge in [-0.2, -0.15) is 0 Å². The molecule has 1 aromatic carbocycles. The first-order chi connectivity index (χ1) is 16.4. The van der Waals surface area contributed by atoms with Crippen LogP contribution in [0.3, 0.4) is 0 Å². The van der Waals surface area contributed by atoms with Gasteiger partial charge < -0.3 is 25.5 Å². The second-order valence-electron chi connectivity index (χ2n) is 11.5. The second kappa shape index (κ2) is 7.52. The van der Waals surface area contributed by atoms with Gasteiger partial charge in [-0.25, -0.2) is 0 Å². The third kappa shape index (κ3) is 2.59. The lowest BCUT2D eigenvalue weighted by Gasteiger charge is -2.63. The molecule has 3 aliphatic carbocycles. The highest BCUT2D eigenvalue weighted by atomic mass is 16.4. The molecule has 5 N–H and O–H groups in total. The molecular weight excluding hydrogens is 464 g/mol. The Morgan fingerprint density at radius 3 is 2.14 bits per heavy atom. The fraction of sp³-hybridized carbons (Fsp3) is 0.536. The molecule has 4 rings (SSSR count). The number of ketones is 3. The van der Waals surface area contributed by atoms with E-state index in [1.165, 1.54) is 6.92 Å². The molecule has 0 fully saturated rings. The number of Topliss-reactive ketones (excluding diaryl/α,β-unsaturated/α-hetero) is 3. The Balaban J connectivity index is 2.19. The quantitative estimate of drug-likeness (QED) is 0.389. The molecule has 36 heavy (non-hydrogen) atoms. The van der Waals surface area contributed by atoms with Gasteiger partial charge in [-0.15, -0.1) is 0 Å². The Bertz CT molecular complexity index is 1320. The molecule has 6 atom stereocenters. The van der Waals surface area contributed by atoms with Crippen LogP contribution in [0, 0.1) is 36.5 Å². The smallest absolute Gasteiger partial charge is 0.209 e. The molecule has 0 saturated heterocycles. The molecule has 194 valence electrons. The highest BCUT2D eigenvalue weighted by Crippen LogP contribution is 2.67. The molecule has 8 nitrogen and oxygen atoms in total. The summed E-state index contributed by atoms with van der Waals surface area (Å²) in [6.07, 6.45) is -1.62. The van der Waals surface area contributed by atoms with Crippen molar-refractivity contribution in [3.8, 4) is 5.75 Å². The maximum atomic E-state index is 13.9. The fourth-order valence-corrected chi connectivity index (χ4v) is 7.24. The van der Waals surface area contributed by atoms with E-state index in [4.69, 9.17) is 0 Å². The van der Waals surface area contributed by atoms with Crippen LogP contribution in [-0.2, 0) is 9.59 Å². The molecule has 0 saturated carbocycles. The zero-order valence-corrected chi connectivity index (χ0v) is 21.8. The standard InChI is InChI=1S/C28H34O8/c1-10(2)18-21(31)16(14(6)29)23(33)28(36)24(34)19-22(32)17-15(9-11(3)12(4)20(17)30)13(5)26(19,7)25(35)27(18,28)8/h9-10,13,18,25,30-31,34-36H,1-8H3/t13-,18?,25-,26+,27+,28+/m1/s1. The van der Waals surface area contributed by atoms with Crippen molar-refractivity contribution >= 4 is 17.3 Å². The summed E-state index contributed by atoms with van der Waals surface area (Å²) in [6.45, 7) is 12.6. The molecule has 0 heterocycles. The molecule has 0 amide bonds. The van der Waals surface area contributed by atoms with Crippen LogP contribution in [0.1, 0.15) is 74.5 Å². The molecule has 1 aromatic rings. The van der Waals surface area contributed by atoms with Gasteiger partial charge in [-0.1, -0.05) is 40.7 Å². The Kier molecular flexibility index (Phi) is 5.45. The molecule has 0 aromatic heterocycles. The normalized spacial score (nSPS) is 36.1. The van der Waals surface area contributed by atoms with Gasteiger partial charge in [0.1, 0.15) is 22.8 Å². The average molecular weight is 499 g/mol. The van der Waals surface area contributed by atoms with Crippen LogP contribution in [0.25, 0.3) is 0 Å². The molecule has 1 unspecified atom stereocenters. The van der Waals surface area contributed by atoms with Crippen LogP contribution in [0.2, 0.25) is 0 Å². The van der Waals surface area contributed by atoms with E-state index in [1.807, 2.05) is 0 Å². The molecule has 0 radical (unpaired) electrons. The third-order valence-corrected chi connectivity index (χ3v) is 9.47. The summed E-state index contributed by atoms with van der Waals surface area (Å²) in [7, 11) is 0. The molecule has 8 heteroatoms. The van der Waals surface area contributed by atoms with E-state index >= 15 is 0 Å². The summed E-state index contributed by atoms with van der Waals surface area (Å²) < 4.78 is 0. The zero-order chi connectivity index (χ0) is 27.4. The van der Waals surface area contributed by atoms with Crippen molar-refractivity contribution in [2.75, 3.05) is 0 Å². The van der Waals surface area contributed by atoms with Crippen LogP contribution in [0.15, 0.2) is 28.7 Å². The van der Waals surface area contributed by atoms with E-state index in [0.717, 1.165) is 12.5 Å². The van der Waals surface area contributed by atoms with Gasteiger partial charge in [0, 0.05) is 16.7 Å². The summed E-state index contributed by atoms with van der Waals surface area (Å²) in [5, 5.41) is 57.9. The number of hydrogen-bond acceptors (Lipinski definition) is 8. The predicted octanol–water partition coefficient (Wildman–Crippen LogP) is 3.50. The molecule has 0 aliphatic heterocycles. The summed E-state index contributed by atoms with van der Waals surface area (Å²) in [6, 6.07) is 1.76. The number of phenolic OH excluding ortho intramolecular Hbond substituents is 1. The van der Waals surface area contributed by atoms with Gasteiger partial charge in [0.15, 0.2) is 17.2 Å². The van der Waals surface area contributed by atoms with Gasteiger partial charge in [-0.3, -0.25) is 14.4 Å². The highest BCUT2D eigenvalue weighted by Gasteiger charge is 2.76. The monoisotopic (exact) mass is 498 g/mol. The minimum Gasteiger partial charge on any atom is -0.511 e. The summed E-state index contributed by atoms with van der Waals surface area (Å²) in [4.78, 5) is 40.0. The number of aromatic hydroxyl groups is 1. The lowest BCUT2D eigenvalue weighted by atomic mass is 9.41. The number of aliphatic hydroxyl groups is 4. The predicted molar refractivity (Wildman–Crippen MR) is 131 cm³/mol. The van der Waals surface area contributed by atoms with E-state index in [-0.39, 0.29) is 16.9 Å². The molecular formula is C28H34O8. The lowest BCUT2D eigenvalue weighted by Crippen LogP contribution is -2.73. The Labute approximate surface area is 210 Å². The summed E-state index contributed by atoms with van der Waals surface area (Å²) >= 11 is 0. The van der Waals surface area contributed by atoms with Crippen molar-refractivity contribution in [3.63, 3.8) is 0 Å². The van der Waals surface area contributed by atoms with Crippen LogP contribution in [0.4, 0.5) is 0 Å². The number of carbonyl (C=O) groups excluding carboxylic acids is 3. The highest BCUT2D eigenvalue weighted by molar-refractivity contribution is 6.25. The first-order valence-corrected chi connectivity index (χ1v) is 12.1. The maximum Gasteiger partial charge on any atom is 0.209 e. The zero-order valence-electron chi connectivity index (χ0n) is 21.8. The van der Waals surface area contributed by atoms with Crippen LogP contribution >= 0.6 is 0 Å². The van der Waals surface area contributed by atoms with Crippen molar-refractivity contribution in [1.82, 2.24) is 0 Å². The number of fused-ring (bicyclic) bond motifs is 3. The number of benzene rings is 1. The van der Waals surface area contributed by atoms with Crippen molar-refractivity contribution in [2.24, 2.45) is 22.7 Å². The van der Waals surface area contributed by atoms with E-state index < -0.39 is 74.7 Å². The number of allylic oxidation sites excluding steroid dienone is 1. The van der Waals surface area contributed by atoms with Crippen molar-refractivity contribution in [1.29, 1.82) is 0 Å². The van der Waals surface area contributed by atoms with Crippen molar-refractivity contribution in [2.45, 2.75) is 73.0 Å². The van der Waals surface area contributed by atoms with Gasteiger partial charge in [0.25, 0.3) is 0 Å². The number of carbonyl (C=O) groups is 3. The molecule has 0 spiro atoms. The number of aryl methyl sites for hydroxylation is 1. The number of phenols is 1. The Morgan fingerprint density at radius 2 is 1.64 bits per heavy atom. The third-order valence-electron chi connectivity index (χ3n) is 9.47. The Morgan fingerprint density at radius 1 is 1.08 bits per heavy atom. The van der Waals surface area contributed by atoms with Gasteiger partial charge in [-0.05, 0) is 49.3 Å². The molecule has 0 bridgehead atoms. The van der Waals surface area contributed by atoms with Crippen molar-refractivity contribution < 1.29 is 39.9 Å². The van der Waals surface area contributed by atoms with Crippen LogP contribution in [-0.4, -0.2) is 54.6 Å². The minimum atomic E-state index is -2.87. The lowest BCUT2D eigenvalue weighted by molar-refractivity contribution is -0.211. The van der Waals surface area contributed by atoms with Crippen molar-refractivity contribution in [3.05, 3.63) is 51.0 Å². The van der Waals surface area contributed by atoms with Crippen LogP contribution in [0.5, 0.6) is 5.75 Å². The largest absolute Gasteiger partial charge is 0.511 e. The van der Waals surface area contributed by atoms with E-state index in [1.54, 1.807) is 47.6 Å². The van der Waals surface area contributed by atoms with E-state index in [0.29, 0.717) is 11.1 Å². The average Bonchev–Trinajstić information content (AvgIpc) is 2.77. The minimum absolute atomic E-state index is 0.0575. The van der Waals surface area contributed by atoms with Crippen LogP contribution < -0.4 is 0 Å².